The van der Waals surface area contributed by atoms with Gasteiger partial charge in [0, 0.05) is 11.4 Å². The van der Waals surface area contributed by atoms with Gasteiger partial charge in [0.1, 0.15) is 12.4 Å². The Balaban J connectivity index is 1.31. The Kier molecular flexibility index (Phi) is 8.31. The van der Waals surface area contributed by atoms with Crippen LogP contribution in [-0.4, -0.2) is 25.0 Å². The second-order valence-corrected chi connectivity index (χ2v) is 12.6. The van der Waals surface area contributed by atoms with Crippen molar-refractivity contribution in [2.45, 2.75) is 38.3 Å². The Labute approximate surface area is 234 Å². The van der Waals surface area contributed by atoms with Gasteiger partial charge in [-0.3, -0.25) is 9.52 Å². The molecule has 12 heteroatoms. The molecule has 2 N–H and O–H groups in total. The molecule has 0 bridgehead atoms. The molecule has 0 saturated heterocycles. The summed E-state index contributed by atoms with van der Waals surface area (Å²) < 4.78 is 67.4. The zero-order valence-electron chi connectivity index (χ0n) is 21.7. The number of carbonyl (C=O) groups is 1. The molecular formula is C28H26F3N3O4S2. The number of benzene rings is 3. The van der Waals surface area contributed by atoms with Gasteiger partial charge in [0.05, 0.1) is 4.91 Å². The molecule has 40 heavy (non-hydrogen) atoms. The summed E-state index contributed by atoms with van der Waals surface area (Å²) in [4.78, 5) is 16.7. The van der Waals surface area contributed by atoms with E-state index >= 15 is 0 Å². The van der Waals surface area contributed by atoms with E-state index in [-0.39, 0.29) is 16.3 Å². The minimum atomic E-state index is -5.51. The van der Waals surface area contributed by atoms with E-state index in [0.717, 1.165) is 35.0 Å². The Hall–Kier alpha value is -3.77. The number of halogens is 3. The fourth-order valence-corrected chi connectivity index (χ4v) is 4.90. The molecule has 210 valence electrons. The molecule has 1 heterocycles. The molecule has 4 rings (SSSR count). The summed E-state index contributed by atoms with van der Waals surface area (Å²) in [6.45, 7) is 6.92. The van der Waals surface area contributed by atoms with Crippen molar-refractivity contribution >= 4 is 50.3 Å². The first-order chi connectivity index (χ1) is 18.7. The van der Waals surface area contributed by atoms with E-state index in [9.17, 15) is 26.4 Å². The fourth-order valence-electron chi connectivity index (χ4n) is 3.50. The van der Waals surface area contributed by atoms with Crippen LogP contribution in [0.5, 0.6) is 5.75 Å². The largest absolute Gasteiger partial charge is 0.516 e. The zero-order chi connectivity index (χ0) is 29.1. The van der Waals surface area contributed by atoms with Crippen molar-refractivity contribution in [1.29, 1.82) is 0 Å². The first kappa shape index (κ1) is 29.2. The normalized spacial score (nSPS) is 15.2. The number of nitrogens with zero attached hydrogens (tertiary/aromatic N) is 1. The third-order valence-corrected chi connectivity index (χ3v) is 7.73. The number of rotatable bonds is 7. The SMILES string of the molecule is CC(C)(C)c1ccc(COc2ccc(/C=C3\SC(Nc4ccc(NS(=O)(=O)C(F)(F)F)cc4)=NC3=O)cc2)cc1. The summed E-state index contributed by atoms with van der Waals surface area (Å²) in [6, 6.07) is 20.6. The van der Waals surface area contributed by atoms with Crippen molar-refractivity contribution in [3.8, 4) is 5.75 Å². The number of amidine groups is 1. The molecule has 7 nitrogen and oxygen atoms in total. The second-order valence-electron chi connectivity index (χ2n) is 9.89. The maximum atomic E-state index is 12.5. The number of amides is 1. The zero-order valence-corrected chi connectivity index (χ0v) is 23.4. The highest BCUT2D eigenvalue weighted by Gasteiger charge is 2.46. The van der Waals surface area contributed by atoms with Gasteiger partial charge in [0.25, 0.3) is 5.91 Å². The van der Waals surface area contributed by atoms with Crippen molar-refractivity contribution < 1.29 is 31.1 Å². The molecule has 1 aliphatic rings. The van der Waals surface area contributed by atoms with Crippen LogP contribution in [-0.2, 0) is 26.8 Å². The third kappa shape index (κ3) is 7.45. The van der Waals surface area contributed by atoms with Crippen LogP contribution in [0.15, 0.2) is 82.7 Å². The Morgan fingerprint density at radius 3 is 2.08 bits per heavy atom. The maximum Gasteiger partial charge on any atom is 0.516 e. The number of ether oxygens (including phenoxy) is 1. The van der Waals surface area contributed by atoms with Crippen molar-refractivity contribution in [3.05, 3.63) is 94.4 Å². The molecule has 0 aromatic heterocycles. The summed E-state index contributed by atoms with van der Waals surface area (Å²) in [7, 11) is -5.51. The van der Waals surface area contributed by atoms with E-state index < -0.39 is 21.4 Å². The molecule has 0 atom stereocenters. The van der Waals surface area contributed by atoms with Gasteiger partial charge in [-0.15, -0.1) is 0 Å². The van der Waals surface area contributed by atoms with Gasteiger partial charge in [-0.2, -0.15) is 26.6 Å². The van der Waals surface area contributed by atoms with Crippen LogP contribution < -0.4 is 14.8 Å². The number of carbonyl (C=O) groups excluding carboxylic acids is 1. The van der Waals surface area contributed by atoms with Crippen LogP contribution in [0.1, 0.15) is 37.5 Å². The number of anilines is 2. The van der Waals surface area contributed by atoms with Gasteiger partial charge in [0.2, 0.25) is 0 Å². The van der Waals surface area contributed by atoms with Gasteiger partial charge in [-0.05, 0) is 76.3 Å². The van der Waals surface area contributed by atoms with Crippen LogP contribution in [0.25, 0.3) is 6.08 Å². The minimum absolute atomic E-state index is 0.0868. The van der Waals surface area contributed by atoms with Crippen molar-refractivity contribution in [3.63, 3.8) is 0 Å². The molecule has 0 fully saturated rings. The highest BCUT2D eigenvalue weighted by molar-refractivity contribution is 8.18. The summed E-state index contributed by atoms with van der Waals surface area (Å²) in [5.41, 5.74) is -2.10. The van der Waals surface area contributed by atoms with E-state index in [4.69, 9.17) is 4.74 Å². The number of aliphatic imine (C=N–C) groups is 1. The molecule has 0 spiro atoms. The second kappa shape index (κ2) is 11.4. The standard InChI is InChI=1S/C28H26F3N3O4S2/c1-27(2,3)20-8-4-19(5-9-20)17-38-23-14-6-18(7-15-23)16-24-25(35)33-26(39-24)32-21-10-12-22(13-11-21)34-40(36,37)28(29,30)31/h4-16,34H,17H2,1-3H3,(H,32,33,35)/b24-16-. The number of sulfonamides is 1. The van der Waals surface area contributed by atoms with E-state index in [0.29, 0.717) is 22.9 Å². The smallest absolute Gasteiger partial charge is 0.489 e. The molecule has 0 radical (unpaired) electrons. The Morgan fingerprint density at radius 1 is 0.900 bits per heavy atom. The average Bonchev–Trinajstić information content (AvgIpc) is 3.22. The first-order valence-corrected chi connectivity index (χ1v) is 14.3. The van der Waals surface area contributed by atoms with Crippen LogP contribution in [0, 0.1) is 0 Å². The first-order valence-electron chi connectivity index (χ1n) is 12.0. The average molecular weight is 590 g/mol. The number of thioether (sulfide) groups is 1. The van der Waals surface area contributed by atoms with Crippen LogP contribution in [0.3, 0.4) is 0 Å². The lowest BCUT2D eigenvalue weighted by Gasteiger charge is -2.19. The van der Waals surface area contributed by atoms with Crippen molar-refractivity contribution in [2.24, 2.45) is 4.99 Å². The molecule has 0 aliphatic carbocycles. The van der Waals surface area contributed by atoms with E-state index in [2.05, 4.69) is 55.3 Å². The van der Waals surface area contributed by atoms with Crippen LogP contribution in [0.4, 0.5) is 24.5 Å². The third-order valence-electron chi connectivity index (χ3n) is 5.72. The molecule has 3 aromatic carbocycles. The van der Waals surface area contributed by atoms with Crippen molar-refractivity contribution in [1.82, 2.24) is 0 Å². The van der Waals surface area contributed by atoms with Crippen molar-refractivity contribution in [2.75, 3.05) is 10.0 Å². The maximum absolute atomic E-state index is 12.5. The molecular weight excluding hydrogens is 563 g/mol. The van der Waals surface area contributed by atoms with E-state index in [1.54, 1.807) is 6.08 Å². The summed E-state index contributed by atoms with van der Waals surface area (Å²) in [6.07, 6.45) is 1.69. The lowest BCUT2D eigenvalue weighted by Crippen LogP contribution is -2.29. The number of hydrogen-bond acceptors (Lipinski definition) is 6. The number of alkyl halides is 3. The molecule has 3 aromatic rings. The molecule has 1 amide bonds. The predicted octanol–water partition coefficient (Wildman–Crippen LogP) is 6.91. The van der Waals surface area contributed by atoms with Gasteiger partial charge < -0.3 is 10.1 Å². The van der Waals surface area contributed by atoms with E-state index in [1.807, 2.05) is 24.3 Å². The van der Waals surface area contributed by atoms with Gasteiger partial charge in [0.15, 0.2) is 5.17 Å². The molecule has 1 aliphatic heterocycles. The van der Waals surface area contributed by atoms with Gasteiger partial charge in [-0.1, -0.05) is 57.2 Å². The summed E-state index contributed by atoms with van der Waals surface area (Å²) >= 11 is 1.10. The molecule has 0 unspecified atom stereocenters. The lowest BCUT2D eigenvalue weighted by atomic mass is 9.87. The van der Waals surface area contributed by atoms with Gasteiger partial charge >= 0.3 is 15.5 Å². The quantitative estimate of drug-likeness (QED) is 0.291. The van der Waals surface area contributed by atoms with Crippen LogP contribution in [0.2, 0.25) is 0 Å². The molecule has 0 saturated carbocycles. The Morgan fingerprint density at radius 2 is 1.50 bits per heavy atom. The highest BCUT2D eigenvalue weighted by atomic mass is 32.2. The monoisotopic (exact) mass is 589 g/mol. The predicted molar refractivity (Wildman–Crippen MR) is 153 cm³/mol. The number of nitrogens with one attached hydrogen (secondary N) is 2. The number of hydrogen-bond donors (Lipinski definition) is 2. The highest BCUT2D eigenvalue weighted by Crippen LogP contribution is 2.31. The fraction of sp³-hybridized carbons (Fsp3) is 0.214. The Bertz CT molecular complexity index is 1540. The lowest BCUT2D eigenvalue weighted by molar-refractivity contribution is -0.113. The van der Waals surface area contributed by atoms with Crippen LogP contribution >= 0.6 is 11.8 Å². The summed E-state index contributed by atoms with van der Waals surface area (Å²) in [5.74, 6) is 0.244. The summed E-state index contributed by atoms with van der Waals surface area (Å²) in [5, 5.41) is 3.17. The minimum Gasteiger partial charge on any atom is -0.489 e. The van der Waals surface area contributed by atoms with E-state index in [1.165, 1.54) is 22.4 Å². The topological polar surface area (TPSA) is 96.9 Å². The van der Waals surface area contributed by atoms with Gasteiger partial charge in [-0.25, -0.2) is 0 Å².